The van der Waals surface area contributed by atoms with Gasteiger partial charge < -0.3 is 15.2 Å². The fourth-order valence-corrected chi connectivity index (χ4v) is 1.53. The van der Waals surface area contributed by atoms with Gasteiger partial charge in [-0.05, 0) is 44.9 Å². The number of benzene rings is 1. The summed E-state index contributed by atoms with van der Waals surface area (Å²) in [6, 6.07) is 3.84. The third kappa shape index (κ3) is 4.83. The molecule has 0 spiro atoms. The van der Waals surface area contributed by atoms with Gasteiger partial charge in [0, 0.05) is 5.02 Å². The van der Waals surface area contributed by atoms with Crippen molar-refractivity contribution >= 4 is 23.7 Å². The van der Waals surface area contributed by atoms with Gasteiger partial charge in [0.15, 0.2) is 0 Å². The van der Waals surface area contributed by atoms with Gasteiger partial charge in [0.2, 0.25) is 0 Å². The number of rotatable bonds is 2. The smallest absolute Gasteiger partial charge is 0.428 e. The lowest BCUT2D eigenvalue weighted by molar-refractivity contribution is -0.143. The average molecular weight is 300 g/mol. The van der Waals surface area contributed by atoms with E-state index in [2.05, 4.69) is 4.74 Å². The first-order chi connectivity index (χ1) is 9.10. The predicted molar refractivity (Wildman–Crippen MR) is 75.4 cm³/mol. The highest BCUT2D eigenvalue weighted by Gasteiger charge is 2.25. The Morgan fingerprint density at radius 1 is 1.30 bits per heavy atom. The van der Waals surface area contributed by atoms with Crippen LogP contribution in [0.5, 0.6) is 0 Å². The van der Waals surface area contributed by atoms with Crippen LogP contribution in [0, 0.1) is 6.92 Å². The number of carbonyl (C=O) groups is 2. The van der Waals surface area contributed by atoms with Gasteiger partial charge in [0.25, 0.3) is 0 Å². The minimum Gasteiger partial charge on any atom is -0.428 e. The number of esters is 1. The summed E-state index contributed by atoms with van der Waals surface area (Å²) in [5.41, 5.74) is 6.30. The zero-order chi connectivity index (χ0) is 15.5. The average Bonchev–Trinajstić information content (AvgIpc) is 2.29. The van der Waals surface area contributed by atoms with Gasteiger partial charge in [-0.2, -0.15) is 0 Å². The van der Waals surface area contributed by atoms with Gasteiger partial charge in [-0.25, -0.2) is 9.59 Å². The Bertz CT molecular complexity index is 522. The number of nitrogens with two attached hydrogens (primary N) is 1. The molecule has 0 saturated carbocycles. The molecule has 5 nitrogen and oxygen atoms in total. The van der Waals surface area contributed by atoms with Crippen LogP contribution in [0.1, 0.15) is 37.9 Å². The molecule has 0 aromatic heterocycles. The molecular weight excluding hydrogens is 282 g/mol. The van der Waals surface area contributed by atoms with Crippen LogP contribution in [0.3, 0.4) is 0 Å². The van der Waals surface area contributed by atoms with Gasteiger partial charge >= 0.3 is 12.1 Å². The summed E-state index contributed by atoms with van der Waals surface area (Å²) in [4.78, 5) is 23.1. The first kappa shape index (κ1) is 16.5. The first-order valence-corrected chi connectivity index (χ1v) is 6.44. The van der Waals surface area contributed by atoms with E-state index in [4.69, 9.17) is 22.1 Å². The Labute approximate surface area is 123 Å². The second-order valence-electron chi connectivity index (χ2n) is 5.37. The Balaban J connectivity index is 2.72. The lowest BCUT2D eigenvalue weighted by Crippen LogP contribution is -2.30. The van der Waals surface area contributed by atoms with Crippen molar-refractivity contribution in [2.24, 2.45) is 5.73 Å². The van der Waals surface area contributed by atoms with E-state index < -0.39 is 23.8 Å². The Morgan fingerprint density at radius 2 is 1.90 bits per heavy atom. The molecule has 0 heterocycles. The number of halogens is 1. The van der Waals surface area contributed by atoms with Crippen molar-refractivity contribution in [2.45, 2.75) is 39.3 Å². The molecule has 1 rings (SSSR count). The highest BCUT2D eigenvalue weighted by atomic mass is 35.5. The zero-order valence-corrected chi connectivity index (χ0v) is 12.7. The Hall–Kier alpha value is -1.59. The molecular formula is C14H18ClNO4. The largest absolute Gasteiger partial charge is 0.516 e. The van der Waals surface area contributed by atoms with Crippen LogP contribution >= 0.6 is 11.6 Å². The van der Waals surface area contributed by atoms with E-state index in [-0.39, 0.29) is 0 Å². The van der Waals surface area contributed by atoms with Crippen LogP contribution in [0.25, 0.3) is 0 Å². The van der Waals surface area contributed by atoms with Gasteiger partial charge in [-0.1, -0.05) is 23.7 Å². The third-order valence-corrected chi connectivity index (χ3v) is 2.79. The van der Waals surface area contributed by atoms with E-state index in [0.717, 1.165) is 5.56 Å². The van der Waals surface area contributed by atoms with E-state index in [1.54, 1.807) is 45.9 Å². The van der Waals surface area contributed by atoms with Crippen molar-refractivity contribution in [3.63, 3.8) is 0 Å². The number of carbonyl (C=O) groups excluding carboxylic acids is 2. The minimum atomic E-state index is -1.07. The van der Waals surface area contributed by atoms with E-state index in [0.29, 0.717) is 10.6 Å². The van der Waals surface area contributed by atoms with Crippen molar-refractivity contribution < 1.29 is 19.1 Å². The summed E-state index contributed by atoms with van der Waals surface area (Å²) in [7, 11) is 0. The maximum absolute atomic E-state index is 11.8. The maximum atomic E-state index is 11.8. The molecule has 1 atom stereocenters. The monoisotopic (exact) mass is 299 g/mol. The molecule has 1 aromatic rings. The van der Waals surface area contributed by atoms with Crippen LogP contribution in [0.4, 0.5) is 4.79 Å². The SMILES string of the molecule is Cc1cc(C(N)C(=O)OC(=O)OC(C)(C)C)ccc1Cl. The molecule has 0 fully saturated rings. The lowest BCUT2D eigenvalue weighted by Gasteiger charge is -2.19. The summed E-state index contributed by atoms with van der Waals surface area (Å²) < 4.78 is 9.43. The van der Waals surface area contributed by atoms with Gasteiger partial charge in [-0.3, -0.25) is 0 Å². The molecule has 1 aromatic carbocycles. The van der Waals surface area contributed by atoms with Gasteiger partial charge in [0.1, 0.15) is 11.6 Å². The van der Waals surface area contributed by atoms with E-state index in [1.165, 1.54) is 0 Å². The quantitative estimate of drug-likeness (QED) is 0.670. The topological polar surface area (TPSA) is 78.6 Å². The van der Waals surface area contributed by atoms with Crippen LogP contribution < -0.4 is 5.73 Å². The van der Waals surface area contributed by atoms with Crippen LogP contribution in [0.2, 0.25) is 5.02 Å². The molecule has 2 N–H and O–H groups in total. The van der Waals surface area contributed by atoms with Crippen molar-refractivity contribution in [3.05, 3.63) is 34.3 Å². The fraction of sp³-hybridized carbons (Fsp3) is 0.429. The molecule has 0 radical (unpaired) electrons. The van der Waals surface area contributed by atoms with E-state index in [1.807, 2.05) is 0 Å². The number of ether oxygens (including phenoxy) is 2. The molecule has 0 aliphatic rings. The standard InChI is InChI=1S/C14H18ClNO4/c1-8-7-9(5-6-10(8)15)11(16)12(17)19-13(18)20-14(2,3)4/h5-7,11H,16H2,1-4H3. The summed E-state index contributed by atoms with van der Waals surface area (Å²) >= 11 is 5.89. The zero-order valence-electron chi connectivity index (χ0n) is 11.9. The second-order valence-corrected chi connectivity index (χ2v) is 5.78. The minimum absolute atomic E-state index is 0.514. The number of hydrogen-bond donors (Lipinski definition) is 1. The predicted octanol–water partition coefficient (Wildman–Crippen LogP) is 3.13. The van der Waals surface area contributed by atoms with E-state index >= 15 is 0 Å². The number of aryl methyl sites for hydroxylation is 1. The van der Waals surface area contributed by atoms with Crippen LogP contribution in [0.15, 0.2) is 18.2 Å². The first-order valence-electron chi connectivity index (χ1n) is 6.06. The Morgan fingerprint density at radius 3 is 2.40 bits per heavy atom. The molecule has 6 heteroatoms. The van der Waals surface area contributed by atoms with Crippen LogP contribution in [-0.4, -0.2) is 17.7 Å². The molecule has 110 valence electrons. The number of hydrogen-bond acceptors (Lipinski definition) is 5. The molecule has 0 aliphatic carbocycles. The molecule has 0 bridgehead atoms. The molecule has 1 unspecified atom stereocenters. The molecule has 0 saturated heterocycles. The highest BCUT2D eigenvalue weighted by molar-refractivity contribution is 6.31. The second kappa shape index (κ2) is 6.24. The molecule has 20 heavy (non-hydrogen) atoms. The van der Waals surface area contributed by atoms with Gasteiger partial charge in [0.05, 0.1) is 0 Å². The Kier molecular flexibility index (Phi) is 5.14. The normalized spacial score (nSPS) is 12.7. The van der Waals surface area contributed by atoms with Crippen molar-refractivity contribution in [1.82, 2.24) is 0 Å². The van der Waals surface area contributed by atoms with E-state index in [9.17, 15) is 9.59 Å². The third-order valence-electron chi connectivity index (χ3n) is 2.37. The fourth-order valence-electron chi connectivity index (χ4n) is 1.41. The molecule has 0 amide bonds. The molecule has 0 aliphatic heterocycles. The lowest BCUT2D eigenvalue weighted by atomic mass is 10.1. The van der Waals surface area contributed by atoms with Crippen molar-refractivity contribution in [3.8, 4) is 0 Å². The summed E-state index contributed by atoms with van der Waals surface area (Å²) in [5.74, 6) is -0.874. The van der Waals surface area contributed by atoms with Gasteiger partial charge in [-0.15, -0.1) is 0 Å². The highest BCUT2D eigenvalue weighted by Crippen LogP contribution is 2.20. The van der Waals surface area contributed by atoms with Crippen LogP contribution in [-0.2, 0) is 14.3 Å². The summed E-state index contributed by atoms with van der Waals surface area (Å²) in [5, 5.41) is 0.571. The summed E-state index contributed by atoms with van der Waals surface area (Å²) in [6.45, 7) is 6.79. The van der Waals surface area contributed by atoms with Crippen molar-refractivity contribution in [2.75, 3.05) is 0 Å². The maximum Gasteiger partial charge on any atom is 0.516 e. The van der Waals surface area contributed by atoms with Crippen molar-refractivity contribution in [1.29, 1.82) is 0 Å². The summed E-state index contributed by atoms with van der Waals surface area (Å²) in [6.07, 6.45) is -1.07.